The highest BCUT2D eigenvalue weighted by Crippen LogP contribution is 2.32. The summed E-state index contributed by atoms with van der Waals surface area (Å²) >= 11 is 0. The first-order valence-electron chi connectivity index (χ1n) is 10.4. The molecule has 2 amide bonds. The second-order valence-corrected chi connectivity index (χ2v) is 7.86. The molecule has 1 fully saturated rings. The number of amides is 2. The third kappa shape index (κ3) is 4.24. The van der Waals surface area contributed by atoms with E-state index in [4.69, 9.17) is 9.15 Å². The van der Waals surface area contributed by atoms with Crippen LogP contribution in [0.3, 0.4) is 0 Å². The normalized spacial score (nSPS) is 16.8. The number of aromatic nitrogens is 1. The van der Waals surface area contributed by atoms with Gasteiger partial charge in [0.25, 0.3) is 0 Å². The Labute approximate surface area is 185 Å². The first-order chi connectivity index (χ1) is 15.4. The van der Waals surface area contributed by atoms with E-state index in [0.29, 0.717) is 42.2 Å². The number of aryl methyl sites for hydroxylation is 1. The van der Waals surface area contributed by atoms with Gasteiger partial charge < -0.3 is 19.4 Å². The van der Waals surface area contributed by atoms with Crippen LogP contribution < -0.4 is 15.8 Å². The van der Waals surface area contributed by atoms with Gasteiger partial charge in [0.05, 0.1) is 25.2 Å². The smallest absolute Gasteiger partial charge is 0.419 e. The molecule has 3 aromatic rings. The van der Waals surface area contributed by atoms with Gasteiger partial charge >= 0.3 is 5.76 Å². The largest absolute Gasteiger partial charge is 0.496 e. The summed E-state index contributed by atoms with van der Waals surface area (Å²) in [5.74, 6) is 0.0715. The summed E-state index contributed by atoms with van der Waals surface area (Å²) in [6.07, 6.45) is 0. The van der Waals surface area contributed by atoms with Gasteiger partial charge in [-0.05, 0) is 18.2 Å². The lowest BCUT2D eigenvalue weighted by molar-refractivity contribution is -0.134. The van der Waals surface area contributed by atoms with Gasteiger partial charge in [-0.3, -0.25) is 19.1 Å². The van der Waals surface area contributed by atoms with Crippen LogP contribution in [0, 0.1) is 0 Å². The second kappa shape index (κ2) is 8.88. The first-order valence-corrected chi connectivity index (χ1v) is 10.4. The SMILES string of the molecule is COc1ccccc1[C@@H]1CN(CC(=O)Nc2ccc3c(c2)oc(=O)n3C)CCN1C(C)=O. The van der Waals surface area contributed by atoms with Crippen LogP contribution in [0.15, 0.2) is 51.7 Å². The highest BCUT2D eigenvalue weighted by atomic mass is 16.5. The molecule has 1 N–H and O–H groups in total. The number of methoxy groups -OCH3 is 1. The average molecular weight is 438 g/mol. The number of rotatable bonds is 5. The Morgan fingerprint density at radius 2 is 1.97 bits per heavy atom. The molecule has 4 rings (SSSR count). The van der Waals surface area contributed by atoms with Crippen LogP contribution in [0.25, 0.3) is 11.1 Å². The van der Waals surface area contributed by atoms with Gasteiger partial charge in [0.15, 0.2) is 5.58 Å². The summed E-state index contributed by atoms with van der Waals surface area (Å²) in [5.41, 5.74) is 2.55. The molecule has 2 heterocycles. The topological polar surface area (TPSA) is 97.0 Å². The number of hydrogen-bond donors (Lipinski definition) is 1. The maximum atomic E-state index is 12.7. The molecular weight excluding hydrogens is 412 g/mol. The summed E-state index contributed by atoms with van der Waals surface area (Å²) in [7, 11) is 3.24. The number of carbonyl (C=O) groups is 2. The Kier molecular flexibility index (Phi) is 6.00. The van der Waals surface area contributed by atoms with Crippen molar-refractivity contribution < 1.29 is 18.7 Å². The van der Waals surface area contributed by atoms with E-state index in [9.17, 15) is 14.4 Å². The lowest BCUT2D eigenvalue weighted by Crippen LogP contribution is -2.51. The van der Waals surface area contributed by atoms with Crippen molar-refractivity contribution in [3.8, 4) is 5.75 Å². The molecule has 1 aromatic heterocycles. The van der Waals surface area contributed by atoms with Gasteiger partial charge in [-0.25, -0.2) is 4.79 Å². The minimum atomic E-state index is -0.450. The summed E-state index contributed by atoms with van der Waals surface area (Å²) < 4.78 is 12.1. The lowest BCUT2D eigenvalue weighted by Gasteiger charge is -2.41. The zero-order valence-electron chi connectivity index (χ0n) is 18.3. The van der Waals surface area contributed by atoms with Crippen molar-refractivity contribution in [3.63, 3.8) is 0 Å². The molecule has 9 heteroatoms. The number of ether oxygens (including phenoxy) is 1. The van der Waals surface area contributed by atoms with Crippen LogP contribution in [0.5, 0.6) is 5.75 Å². The number of carbonyl (C=O) groups excluding carboxylic acids is 2. The first kappa shape index (κ1) is 21.6. The van der Waals surface area contributed by atoms with Crippen molar-refractivity contribution in [1.29, 1.82) is 0 Å². The third-order valence-electron chi connectivity index (χ3n) is 5.81. The molecule has 1 saturated heterocycles. The summed E-state index contributed by atoms with van der Waals surface area (Å²) in [6, 6.07) is 12.5. The van der Waals surface area contributed by atoms with E-state index in [0.717, 1.165) is 5.56 Å². The maximum Gasteiger partial charge on any atom is 0.419 e. The monoisotopic (exact) mass is 438 g/mol. The number of piperazine rings is 1. The number of hydrogen-bond acceptors (Lipinski definition) is 6. The number of nitrogens with one attached hydrogen (secondary N) is 1. The van der Waals surface area contributed by atoms with E-state index in [1.165, 1.54) is 4.57 Å². The zero-order chi connectivity index (χ0) is 22.8. The molecule has 0 unspecified atom stereocenters. The van der Waals surface area contributed by atoms with E-state index in [1.807, 2.05) is 34.1 Å². The number of anilines is 1. The van der Waals surface area contributed by atoms with Crippen molar-refractivity contribution in [3.05, 3.63) is 58.6 Å². The van der Waals surface area contributed by atoms with Gasteiger partial charge in [0, 0.05) is 50.9 Å². The molecule has 168 valence electrons. The molecular formula is C23H26N4O5. The molecule has 1 aliphatic heterocycles. The third-order valence-corrected chi connectivity index (χ3v) is 5.81. The van der Waals surface area contributed by atoms with Crippen LogP contribution in [0.4, 0.5) is 5.69 Å². The number of fused-ring (bicyclic) bond motifs is 1. The fourth-order valence-corrected chi connectivity index (χ4v) is 4.18. The number of oxazole rings is 1. The number of para-hydroxylation sites is 1. The molecule has 1 atom stereocenters. The van der Waals surface area contributed by atoms with Crippen molar-refractivity contribution in [1.82, 2.24) is 14.4 Å². The number of nitrogens with zero attached hydrogens (tertiary/aromatic N) is 3. The highest BCUT2D eigenvalue weighted by molar-refractivity contribution is 5.94. The Hall–Kier alpha value is -3.59. The van der Waals surface area contributed by atoms with Gasteiger partial charge in [0.2, 0.25) is 11.8 Å². The predicted molar refractivity (Wildman–Crippen MR) is 120 cm³/mol. The van der Waals surface area contributed by atoms with Gasteiger partial charge in [-0.2, -0.15) is 0 Å². The summed E-state index contributed by atoms with van der Waals surface area (Å²) in [5, 5.41) is 2.86. The predicted octanol–water partition coefficient (Wildman–Crippen LogP) is 1.98. The van der Waals surface area contributed by atoms with E-state index in [2.05, 4.69) is 5.32 Å². The molecule has 1 aliphatic rings. The maximum absolute atomic E-state index is 12.7. The van der Waals surface area contributed by atoms with Crippen molar-refractivity contribution in [2.45, 2.75) is 13.0 Å². The van der Waals surface area contributed by atoms with Crippen molar-refractivity contribution >= 4 is 28.6 Å². The van der Waals surface area contributed by atoms with Gasteiger partial charge in [-0.1, -0.05) is 18.2 Å². The Balaban J connectivity index is 1.47. The Morgan fingerprint density at radius 3 is 2.72 bits per heavy atom. The van der Waals surface area contributed by atoms with Crippen molar-refractivity contribution in [2.24, 2.45) is 7.05 Å². The quantitative estimate of drug-likeness (QED) is 0.654. The molecule has 0 spiro atoms. The highest BCUT2D eigenvalue weighted by Gasteiger charge is 2.32. The molecule has 0 radical (unpaired) electrons. The van der Waals surface area contributed by atoms with Gasteiger partial charge in [0.1, 0.15) is 5.75 Å². The molecule has 32 heavy (non-hydrogen) atoms. The average Bonchev–Trinajstić information content (AvgIpc) is 3.06. The Bertz CT molecular complexity index is 1210. The second-order valence-electron chi connectivity index (χ2n) is 7.86. The van der Waals surface area contributed by atoms with E-state index >= 15 is 0 Å². The standard InChI is InChI=1S/C23H26N4O5/c1-15(28)27-11-10-26(13-19(27)17-6-4-5-7-20(17)31-3)14-22(29)24-16-8-9-18-21(12-16)32-23(30)25(18)2/h4-9,12,19H,10-11,13-14H2,1-3H3,(H,24,29)/t19-/m0/s1. The molecule has 0 bridgehead atoms. The van der Waals surface area contributed by atoms with Crippen LogP contribution in [-0.2, 0) is 16.6 Å². The zero-order valence-corrected chi connectivity index (χ0v) is 18.3. The molecule has 0 aliphatic carbocycles. The van der Waals surface area contributed by atoms with Gasteiger partial charge in [-0.15, -0.1) is 0 Å². The lowest BCUT2D eigenvalue weighted by atomic mass is 10.0. The Morgan fingerprint density at radius 1 is 1.19 bits per heavy atom. The molecule has 2 aromatic carbocycles. The summed E-state index contributed by atoms with van der Waals surface area (Å²) in [6.45, 7) is 3.36. The fraction of sp³-hybridized carbons (Fsp3) is 0.348. The van der Waals surface area contributed by atoms with E-state index < -0.39 is 5.76 Å². The van der Waals surface area contributed by atoms with Crippen molar-refractivity contribution in [2.75, 3.05) is 38.6 Å². The minimum Gasteiger partial charge on any atom is -0.496 e. The molecule has 9 nitrogen and oxygen atoms in total. The van der Waals surface area contributed by atoms with Crippen LogP contribution in [-0.4, -0.2) is 59.5 Å². The number of benzene rings is 2. The van der Waals surface area contributed by atoms with Crippen LogP contribution in [0.1, 0.15) is 18.5 Å². The minimum absolute atomic E-state index is 0.0114. The fourth-order valence-electron chi connectivity index (χ4n) is 4.18. The summed E-state index contributed by atoms with van der Waals surface area (Å²) in [4.78, 5) is 40.5. The van der Waals surface area contributed by atoms with E-state index in [1.54, 1.807) is 39.3 Å². The van der Waals surface area contributed by atoms with Crippen LogP contribution >= 0.6 is 0 Å². The molecule has 0 saturated carbocycles. The van der Waals surface area contributed by atoms with Crippen LogP contribution in [0.2, 0.25) is 0 Å². The van der Waals surface area contributed by atoms with E-state index in [-0.39, 0.29) is 24.4 Å².